The molecule has 0 saturated heterocycles. The minimum atomic E-state index is -4.83. The summed E-state index contributed by atoms with van der Waals surface area (Å²) in [6, 6.07) is 3.15. The number of alkyl halides is 3. The van der Waals surface area contributed by atoms with Gasteiger partial charge < -0.3 is 9.47 Å². The number of hydrogen-bond acceptors (Lipinski definition) is 4. The van der Waals surface area contributed by atoms with Crippen LogP contribution in [0.4, 0.5) is 13.2 Å². The summed E-state index contributed by atoms with van der Waals surface area (Å²) in [5.41, 5.74) is 0.216. The summed E-state index contributed by atoms with van der Waals surface area (Å²) in [5, 5.41) is 0. The van der Waals surface area contributed by atoms with E-state index in [-0.39, 0.29) is 17.5 Å². The minimum Gasteiger partial charge on any atom is -0.469 e. The normalized spacial score (nSPS) is 10.9. The Morgan fingerprint density at radius 1 is 1.39 bits per heavy atom. The summed E-state index contributed by atoms with van der Waals surface area (Å²) in [6.45, 7) is 0. The second-order valence-electron chi connectivity index (χ2n) is 3.28. The molecule has 7 heteroatoms. The molecule has 0 spiro atoms. The average molecular weight is 262 g/mol. The smallest absolute Gasteiger partial charge is 0.469 e. The van der Waals surface area contributed by atoms with Gasteiger partial charge in [-0.2, -0.15) is 0 Å². The Balaban J connectivity index is 2.96. The van der Waals surface area contributed by atoms with Crippen molar-refractivity contribution in [3.05, 3.63) is 29.3 Å². The fourth-order valence-corrected chi connectivity index (χ4v) is 1.27. The molecule has 0 heterocycles. The predicted molar refractivity (Wildman–Crippen MR) is 54.2 cm³/mol. The molecule has 18 heavy (non-hydrogen) atoms. The second-order valence-corrected chi connectivity index (χ2v) is 3.28. The molecule has 0 aliphatic rings. The maximum Gasteiger partial charge on any atom is 0.573 e. The number of carbonyl (C=O) groups excluding carboxylic acids is 2. The summed E-state index contributed by atoms with van der Waals surface area (Å²) in [7, 11) is 1.17. The highest BCUT2D eigenvalue weighted by Gasteiger charge is 2.31. The number of ether oxygens (including phenoxy) is 2. The summed E-state index contributed by atoms with van der Waals surface area (Å²) in [5.74, 6) is -1.11. The van der Waals surface area contributed by atoms with Crippen LogP contribution in [-0.2, 0) is 16.0 Å². The molecule has 0 amide bonds. The van der Waals surface area contributed by atoms with E-state index in [1.54, 1.807) is 0 Å². The van der Waals surface area contributed by atoms with Crippen LogP contribution < -0.4 is 4.74 Å². The van der Waals surface area contributed by atoms with Gasteiger partial charge in [0.05, 0.1) is 13.5 Å². The Morgan fingerprint density at radius 3 is 2.56 bits per heavy atom. The molecule has 0 N–H and O–H groups in total. The summed E-state index contributed by atoms with van der Waals surface area (Å²) < 4.78 is 43.9. The number of halogens is 3. The molecule has 0 aliphatic heterocycles. The molecule has 0 unspecified atom stereocenters. The van der Waals surface area contributed by atoms with Crippen molar-refractivity contribution in [2.45, 2.75) is 12.8 Å². The van der Waals surface area contributed by atoms with Gasteiger partial charge in [-0.25, -0.2) is 0 Å². The van der Waals surface area contributed by atoms with Crippen molar-refractivity contribution >= 4 is 12.3 Å². The van der Waals surface area contributed by atoms with Gasteiger partial charge in [0.25, 0.3) is 0 Å². The van der Waals surface area contributed by atoms with Crippen molar-refractivity contribution in [1.29, 1.82) is 0 Å². The van der Waals surface area contributed by atoms with E-state index in [2.05, 4.69) is 9.47 Å². The molecule has 0 saturated carbocycles. The summed E-state index contributed by atoms with van der Waals surface area (Å²) in [6.07, 6.45) is -4.68. The molecule has 1 rings (SSSR count). The fraction of sp³-hybridized carbons (Fsp3) is 0.273. The van der Waals surface area contributed by atoms with Crippen LogP contribution in [-0.4, -0.2) is 25.7 Å². The largest absolute Gasteiger partial charge is 0.573 e. The summed E-state index contributed by atoms with van der Waals surface area (Å²) >= 11 is 0. The number of esters is 1. The monoisotopic (exact) mass is 262 g/mol. The topological polar surface area (TPSA) is 52.6 Å². The van der Waals surface area contributed by atoms with Crippen molar-refractivity contribution in [3.63, 3.8) is 0 Å². The molecule has 4 nitrogen and oxygen atoms in total. The Bertz CT molecular complexity index is 454. The van der Waals surface area contributed by atoms with Gasteiger partial charge in [0.15, 0.2) is 0 Å². The number of methoxy groups -OCH3 is 1. The highest BCUT2D eigenvalue weighted by atomic mass is 19.4. The first-order valence-electron chi connectivity index (χ1n) is 4.76. The maximum absolute atomic E-state index is 12.0. The summed E-state index contributed by atoms with van der Waals surface area (Å²) in [4.78, 5) is 21.7. The van der Waals surface area contributed by atoms with Crippen LogP contribution in [0.5, 0.6) is 5.75 Å². The average Bonchev–Trinajstić information content (AvgIpc) is 2.28. The Kier molecular flexibility index (Phi) is 4.30. The van der Waals surface area contributed by atoms with E-state index in [4.69, 9.17) is 0 Å². The van der Waals surface area contributed by atoms with Crippen LogP contribution in [0.3, 0.4) is 0 Å². The number of carbonyl (C=O) groups is 2. The molecule has 1 aromatic carbocycles. The molecular formula is C11H9F3O4. The second kappa shape index (κ2) is 5.52. The molecule has 0 bridgehead atoms. The third kappa shape index (κ3) is 4.08. The third-order valence-electron chi connectivity index (χ3n) is 2.04. The van der Waals surface area contributed by atoms with Crippen LogP contribution in [0.25, 0.3) is 0 Å². The zero-order valence-electron chi connectivity index (χ0n) is 9.28. The van der Waals surface area contributed by atoms with E-state index >= 15 is 0 Å². The first-order valence-corrected chi connectivity index (χ1v) is 4.76. The molecule has 98 valence electrons. The Morgan fingerprint density at radius 2 is 2.06 bits per heavy atom. The van der Waals surface area contributed by atoms with E-state index in [9.17, 15) is 22.8 Å². The van der Waals surface area contributed by atoms with Gasteiger partial charge in [0.1, 0.15) is 12.0 Å². The van der Waals surface area contributed by atoms with Crippen molar-refractivity contribution < 1.29 is 32.2 Å². The SMILES string of the molecule is COC(=O)Cc1ccc(OC(F)(F)F)cc1C=O. The van der Waals surface area contributed by atoms with Crippen LogP contribution in [0.15, 0.2) is 18.2 Å². The fourth-order valence-electron chi connectivity index (χ4n) is 1.27. The number of benzene rings is 1. The molecule has 0 radical (unpaired) electrons. The van der Waals surface area contributed by atoms with Gasteiger partial charge in [0.2, 0.25) is 0 Å². The standard InChI is InChI=1S/C11H9F3O4/c1-17-10(16)5-7-2-3-9(4-8(7)6-15)18-11(12,13)14/h2-4,6H,5H2,1H3. The van der Waals surface area contributed by atoms with Gasteiger partial charge >= 0.3 is 12.3 Å². The zero-order chi connectivity index (χ0) is 13.8. The predicted octanol–water partition coefficient (Wildman–Crippen LogP) is 2.11. The van der Waals surface area contributed by atoms with E-state index in [0.29, 0.717) is 6.29 Å². The lowest BCUT2D eigenvalue weighted by molar-refractivity contribution is -0.274. The molecule has 0 atom stereocenters. The van der Waals surface area contributed by atoms with Crippen molar-refractivity contribution in [1.82, 2.24) is 0 Å². The zero-order valence-corrected chi connectivity index (χ0v) is 9.28. The van der Waals surface area contributed by atoms with Gasteiger partial charge in [-0.3, -0.25) is 9.59 Å². The van der Waals surface area contributed by atoms with Crippen molar-refractivity contribution in [3.8, 4) is 5.75 Å². The van der Waals surface area contributed by atoms with Crippen molar-refractivity contribution in [2.24, 2.45) is 0 Å². The van der Waals surface area contributed by atoms with E-state index in [0.717, 1.165) is 12.1 Å². The van der Waals surface area contributed by atoms with E-state index in [1.807, 2.05) is 0 Å². The lowest BCUT2D eigenvalue weighted by Crippen LogP contribution is -2.17. The van der Waals surface area contributed by atoms with Crippen LogP contribution >= 0.6 is 0 Å². The van der Waals surface area contributed by atoms with Crippen molar-refractivity contribution in [2.75, 3.05) is 7.11 Å². The quantitative estimate of drug-likeness (QED) is 0.616. The molecule has 0 aliphatic carbocycles. The molecule has 0 fully saturated rings. The van der Waals surface area contributed by atoms with E-state index in [1.165, 1.54) is 13.2 Å². The lowest BCUT2D eigenvalue weighted by Gasteiger charge is -2.10. The third-order valence-corrected chi connectivity index (χ3v) is 2.04. The first kappa shape index (κ1) is 14.0. The van der Waals surface area contributed by atoms with Gasteiger partial charge in [0, 0.05) is 5.56 Å². The lowest BCUT2D eigenvalue weighted by atomic mass is 10.1. The number of aldehydes is 1. The highest BCUT2D eigenvalue weighted by molar-refractivity contribution is 5.82. The Labute approximate surface area is 100 Å². The van der Waals surface area contributed by atoms with Gasteiger partial charge in [-0.05, 0) is 17.7 Å². The van der Waals surface area contributed by atoms with Crippen LogP contribution in [0, 0.1) is 0 Å². The molecule has 1 aromatic rings. The first-order chi connectivity index (χ1) is 8.35. The number of rotatable bonds is 4. The Hall–Kier alpha value is -2.05. The van der Waals surface area contributed by atoms with Crippen LogP contribution in [0.1, 0.15) is 15.9 Å². The minimum absolute atomic E-state index is 0.0536. The highest BCUT2D eigenvalue weighted by Crippen LogP contribution is 2.24. The van der Waals surface area contributed by atoms with E-state index < -0.39 is 18.1 Å². The number of hydrogen-bond donors (Lipinski definition) is 0. The maximum atomic E-state index is 12.0. The van der Waals surface area contributed by atoms with Crippen LogP contribution in [0.2, 0.25) is 0 Å². The molecular weight excluding hydrogens is 253 g/mol. The van der Waals surface area contributed by atoms with Gasteiger partial charge in [-0.1, -0.05) is 6.07 Å². The molecule has 0 aromatic heterocycles. The van der Waals surface area contributed by atoms with Gasteiger partial charge in [-0.15, -0.1) is 13.2 Å².